The summed E-state index contributed by atoms with van der Waals surface area (Å²) in [6, 6.07) is -0.918. The fraction of sp³-hybridized carbons (Fsp3) is 0.818. The number of hydrogen-bond acceptors (Lipinski definition) is 6. The summed E-state index contributed by atoms with van der Waals surface area (Å²) < 4.78 is 9.37. The van der Waals surface area contributed by atoms with Crippen LogP contribution in [-0.4, -0.2) is 36.1 Å². The van der Waals surface area contributed by atoms with Crippen LogP contribution in [0.25, 0.3) is 0 Å². The summed E-state index contributed by atoms with van der Waals surface area (Å²) in [5, 5.41) is 10.7. The smallest absolute Gasteiger partial charge is 0.306 e. The molecule has 0 aliphatic carbocycles. The van der Waals surface area contributed by atoms with Gasteiger partial charge in [0.25, 0.3) is 0 Å². The van der Waals surface area contributed by atoms with Gasteiger partial charge in [-0.3, -0.25) is 19.7 Å². The molecule has 0 aliphatic heterocycles. The van der Waals surface area contributed by atoms with Gasteiger partial charge in [0.2, 0.25) is 6.04 Å². The second kappa shape index (κ2) is 9.38. The summed E-state index contributed by atoms with van der Waals surface area (Å²) in [6.45, 7) is 3.85. The monoisotopic (exact) mass is 261 g/mol. The molecule has 0 spiro atoms. The number of nitro groups is 1. The van der Waals surface area contributed by atoms with Gasteiger partial charge in [-0.25, -0.2) is 0 Å². The van der Waals surface area contributed by atoms with Crippen LogP contribution >= 0.6 is 0 Å². The van der Waals surface area contributed by atoms with Crippen LogP contribution in [0.5, 0.6) is 0 Å². The van der Waals surface area contributed by atoms with Crippen molar-refractivity contribution in [1.82, 2.24) is 0 Å². The molecular formula is C11H19NO6. The van der Waals surface area contributed by atoms with Gasteiger partial charge in [-0.05, 0) is 13.8 Å². The summed E-state index contributed by atoms with van der Waals surface area (Å²) >= 11 is 0. The number of rotatable bonds is 9. The molecule has 0 bridgehead atoms. The third-order valence-corrected chi connectivity index (χ3v) is 2.27. The second-order valence-electron chi connectivity index (χ2n) is 3.63. The van der Waals surface area contributed by atoms with Gasteiger partial charge < -0.3 is 9.47 Å². The fourth-order valence-corrected chi connectivity index (χ4v) is 1.39. The molecule has 0 rings (SSSR count). The first-order valence-corrected chi connectivity index (χ1v) is 5.96. The first-order chi connectivity index (χ1) is 8.51. The predicted octanol–water partition coefficient (Wildman–Crippen LogP) is 1.32. The zero-order valence-corrected chi connectivity index (χ0v) is 10.7. The standard InChI is InChI=1S/C11H19NO6/c1-3-17-10(13)7-5-9(12(15)16)6-8-11(14)18-4-2/h9H,3-8H2,1-2H3. The molecule has 0 saturated heterocycles. The first-order valence-electron chi connectivity index (χ1n) is 5.96. The Morgan fingerprint density at radius 3 is 1.72 bits per heavy atom. The number of nitrogens with zero attached hydrogens (tertiary/aromatic N) is 1. The van der Waals surface area contributed by atoms with E-state index in [1.807, 2.05) is 0 Å². The van der Waals surface area contributed by atoms with Crippen LogP contribution < -0.4 is 0 Å². The lowest BCUT2D eigenvalue weighted by Crippen LogP contribution is -2.22. The fourth-order valence-electron chi connectivity index (χ4n) is 1.39. The lowest BCUT2D eigenvalue weighted by Gasteiger charge is -2.08. The van der Waals surface area contributed by atoms with Crippen LogP contribution in [0.15, 0.2) is 0 Å². The Morgan fingerprint density at radius 2 is 1.44 bits per heavy atom. The van der Waals surface area contributed by atoms with Crippen molar-refractivity contribution in [2.24, 2.45) is 0 Å². The highest BCUT2D eigenvalue weighted by atomic mass is 16.6. The van der Waals surface area contributed by atoms with E-state index in [0.717, 1.165) is 0 Å². The number of esters is 2. The Balaban J connectivity index is 4.04. The molecular weight excluding hydrogens is 242 g/mol. The Labute approximate surface area is 106 Å². The van der Waals surface area contributed by atoms with Gasteiger partial charge in [-0.1, -0.05) is 0 Å². The van der Waals surface area contributed by atoms with Crippen molar-refractivity contribution in [3.63, 3.8) is 0 Å². The summed E-state index contributed by atoms with van der Waals surface area (Å²) in [6.07, 6.45) is 0.126. The highest BCUT2D eigenvalue weighted by molar-refractivity contribution is 5.70. The van der Waals surface area contributed by atoms with E-state index in [9.17, 15) is 19.7 Å². The molecule has 0 fully saturated rings. The molecule has 0 aromatic carbocycles. The van der Waals surface area contributed by atoms with Crippen LogP contribution in [-0.2, 0) is 19.1 Å². The highest BCUT2D eigenvalue weighted by Gasteiger charge is 2.23. The molecule has 0 N–H and O–H groups in total. The van der Waals surface area contributed by atoms with E-state index in [1.54, 1.807) is 13.8 Å². The number of carbonyl (C=O) groups is 2. The average Bonchev–Trinajstić information content (AvgIpc) is 2.29. The molecule has 0 radical (unpaired) electrons. The van der Waals surface area contributed by atoms with Crippen molar-refractivity contribution in [3.8, 4) is 0 Å². The molecule has 7 heteroatoms. The molecule has 18 heavy (non-hydrogen) atoms. The Hall–Kier alpha value is -1.66. The SMILES string of the molecule is CCOC(=O)CCC(CCC(=O)OCC)[N+](=O)[O-]. The Kier molecular flexibility index (Phi) is 8.51. The minimum atomic E-state index is -0.918. The van der Waals surface area contributed by atoms with Gasteiger partial charge in [-0.2, -0.15) is 0 Å². The highest BCUT2D eigenvalue weighted by Crippen LogP contribution is 2.10. The predicted molar refractivity (Wildman–Crippen MR) is 62.5 cm³/mol. The molecule has 7 nitrogen and oxygen atoms in total. The van der Waals surface area contributed by atoms with Crippen LogP contribution in [0.2, 0.25) is 0 Å². The van der Waals surface area contributed by atoms with Crippen LogP contribution in [0.1, 0.15) is 39.5 Å². The lowest BCUT2D eigenvalue weighted by atomic mass is 10.1. The minimum absolute atomic E-state index is 0.0116. The maximum Gasteiger partial charge on any atom is 0.306 e. The van der Waals surface area contributed by atoms with Gasteiger partial charge in [0.05, 0.1) is 26.1 Å². The summed E-state index contributed by atoms with van der Waals surface area (Å²) in [4.78, 5) is 32.4. The van der Waals surface area contributed by atoms with E-state index >= 15 is 0 Å². The number of ether oxygens (including phenoxy) is 2. The van der Waals surface area contributed by atoms with Crippen LogP contribution in [0.3, 0.4) is 0 Å². The number of carbonyl (C=O) groups excluding carboxylic acids is 2. The van der Waals surface area contributed by atoms with Crippen molar-refractivity contribution in [3.05, 3.63) is 10.1 Å². The van der Waals surface area contributed by atoms with E-state index < -0.39 is 22.9 Å². The average molecular weight is 261 g/mol. The third kappa shape index (κ3) is 7.59. The van der Waals surface area contributed by atoms with E-state index in [2.05, 4.69) is 9.47 Å². The molecule has 0 saturated carbocycles. The molecule has 0 atom stereocenters. The quantitative estimate of drug-likeness (QED) is 0.353. The van der Waals surface area contributed by atoms with Crippen molar-refractivity contribution >= 4 is 11.9 Å². The molecule has 0 heterocycles. The Bertz CT molecular complexity index is 269. The molecule has 0 unspecified atom stereocenters. The molecule has 104 valence electrons. The molecule has 0 aromatic heterocycles. The van der Waals surface area contributed by atoms with E-state index in [4.69, 9.17) is 0 Å². The molecule has 0 aromatic rings. The van der Waals surface area contributed by atoms with Gasteiger partial charge in [0.15, 0.2) is 0 Å². The van der Waals surface area contributed by atoms with Crippen molar-refractivity contribution in [2.45, 2.75) is 45.6 Å². The van der Waals surface area contributed by atoms with Gasteiger partial charge >= 0.3 is 11.9 Å². The van der Waals surface area contributed by atoms with Crippen molar-refractivity contribution < 1.29 is 24.0 Å². The van der Waals surface area contributed by atoms with Crippen LogP contribution in [0, 0.1) is 10.1 Å². The van der Waals surface area contributed by atoms with Crippen molar-refractivity contribution in [1.29, 1.82) is 0 Å². The lowest BCUT2D eigenvalue weighted by molar-refractivity contribution is -0.524. The summed E-state index contributed by atoms with van der Waals surface area (Å²) in [5.41, 5.74) is 0. The van der Waals surface area contributed by atoms with Crippen molar-refractivity contribution in [2.75, 3.05) is 13.2 Å². The molecule has 0 amide bonds. The zero-order chi connectivity index (χ0) is 14.0. The first kappa shape index (κ1) is 16.3. The number of hydrogen-bond donors (Lipinski definition) is 0. The Morgan fingerprint density at radius 1 is 1.06 bits per heavy atom. The van der Waals surface area contributed by atoms with E-state index in [0.29, 0.717) is 0 Å². The minimum Gasteiger partial charge on any atom is -0.466 e. The molecule has 0 aliphatic rings. The largest absolute Gasteiger partial charge is 0.466 e. The second-order valence-corrected chi connectivity index (χ2v) is 3.63. The third-order valence-electron chi connectivity index (χ3n) is 2.27. The maximum absolute atomic E-state index is 11.1. The van der Waals surface area contributed by atoms with Gasteiger partial charge in [0, 0.05) is 17.8 Å². The van der Waals surface area contributed by atoms with Crippen LogP contribution in [0.4, 0.5) is 0 Å². The maximum atomic E-state index is 11.1. The van der Waals surface area contributed by atoms with Gasteiger partial charge in [0.1, 0.15) is 0 Å². The summed E-state index contributed by atoms with van der Waals surface area (Å²) in [7, 11) is 0. The topological polar surface area (TPSA) is 95.7 Å². The van der Waals surface area contributed by atoms with Gasteiger partial charge in [-0.15, -0.1) is 0 Å². The normalized spacial score (nSPS) is 10.2. The van der Waals surface area contributed by atoms with E-state index in [1.165, 1.54) is 0 Å². The zero-order valence-electron chi connectivity index (χ0n) is 10.7. The summed E-state index contributed by atoms with van der Waals surface area (Å²) in [5.74, 6) is -0.916. The van der Waals surface area contributed by atoms with E-state index in [-0.39, 0.29) is 38.9 Å².